The Bertz CT molecular complexity index is 1100. The van der Waals surface area contributed by atoms with E-state index in [0.29, 0.717) is 24.1 Å². The van der Waals surface area contributed by atoms with E-state index in [1.165, 1.54) is 55.4 Å². The third-order valence-corrected chi connectivity index (χ3v) is 7.28. The molecule has 0 aliphatic heterocycles. The molecule has 2 N–H and O–H groups in total. The smallest absolute Gasteiger partial charge is 0.263 e. The number of hydrogen-bond donors (Lipinski definition) is 2. The van der Waals surface area contributed by atoms with Crippen LogP contribution < -0.4 is 10.0 Å². The molecule has 170 valence electrons. The van der Waals surface area contributed by atoms with Gasteiger partial charge in [-0.05, 0) is 53.5 Å². The van der Waals surface area contributed by atoms with Gasteiger partial charge in [0.15, 0.2) is 5.82 Å². The van der Waals surface area contributed by atoms with Gasteiger partial charge in [-0.15, -0.1) is 5.10 Å². The first-order valence-corrected chi connectivity index (χ1v) is 12.5. The Morgan fingerprint density at radius 1 is 1.12 bits per heavy atom. The fraction of sp³-hybridized carbons (Fsp3) is 0.455. The predicted molar refractivity (Wildman–Crippen MR) is 122 cm³/mol. The number of pyridine rings is 1. The lowest BCUT2D eigenvalue weighted by molar-refractivity contribution is 0.305. The standard InChI is InChI=1S/C22H29N7O2S/c1-17(13-18-7-3-2-4-8-18)23-14-19-9-5-6-10-21(19)26-32(30,31)20-11-12-22(24-15-20)29-16-25-27-28-29/h5-6,9-12,15-18,23,26H,2-4,7-8,13-14H2,1H3/t17-/m0/s1. The second-order valence-corrected chi connectivity index (χ2v) is 10.1. The molecule has 10 heteroatoms. The first-order chi connectivity index (χ1) is 15.5. The van der Waals surface area contributed by atoms with Crippen LogP contribution in [0.1, 0.15) is 51.0 Å². The summed E-state index contributed by atoms with van der Waals surface area (Å²) in [4.78, 5) is 4.23. The summed E-state index contributed by atoms with van der Waals surface area (Å²) in [7, 11) is -3.78. The molecule has 1 fully saturated rings. The van der Waals surface area contributed by atoms with Gasteiger partial charge in [-0.3, -0.25) is 4.72 Å². The summed E-state index contributed by atoms with van der Waals surface area (Å²) in [6.45, 7) is 2.81. The van der Waals surface area contributed by atoms with Crippen molar-refractivity contribution in [1.29, 1.82) is 0 Å². The van der Waals surface area contributed by atoms with Crippen molar-refractivity contribution < 1.29 is 8.42 Å². The number of aromatic nitrogens is 5. The number of tetrazole rings is 1. The van der Waals surface area contributed by atoms with Crippen LogP contribution in [0.15, 0.2) is 53.8 Å². The molecule has 0 bridgehead atoms. The van der Waals surface area contributed by atoms with E-state index in [2.05, 4.69) is 37.5 Å². The van der Waals surface area contributed by atoms with Crippen molar-refractivity contribution >= 4 is 15.7 Å². The lowest BCUT2D eigenvalue weighted by Gasteiger charge is -2.25. The molecule has 2 heterocycles. The van der Waals surface area contributed by atoms with Crippen LogP contribution in [0.3, 0.4) is 0 Å². The molecular weight excluding hydrogens is 426 g/mol. The Balaban J connectivity index is 1.40. The van der Waals surface area contributed by atoms with E-state index >= 15 is 0 Å². The molecule has 0 unspecified atom stereocenters. The SMILES string of the molecule is C[C@@H](CC1CCCCC1)NCc1ccccc1NS(=O)(=O)c1ccc(-n2cnnn2)nc1. The summed E-state index contributed by atoms with van der Waals surface area (Å²) in [6.07, 6.45) is 10.5. The molecule has 4 rings (SSSR count). The average molecular weight is 456 g/mol. The van der Waals surface area contributed by atoms with E-state index < -0.39 is 10.0 Å². The van der Waals surface area contributed by atoms with Gasteiger partial charge in [0.05, 0.1) is 5.69 Å². The molecule has 9 nitrogen and oxygen atoms in total. The molecule has 32 heavy (non-hydrogen) atoms. The van der Waals surface area contributed by atoms with Gasteiger partial charge in [-0.1, -0.05) is 50.3 Å². The maximum absolute atomic E-state index is 12.9. The number of rotatable bonds is 9. The summed E-state index contributed by atoms with van der Waals surface area (Å²) in [5, 5.41) is 14.4. The number of sulfonamides is 1. The van der Waals surface area contributed by atoms with Crippen molar-refractivity contribution in [3.63, 3.8) is 0 Å². The van der Waals surface area contributed by atoms with Crippen molar-refractivity contribution in [3.05, 3.63) is 54.5 Å². The molecule has 0 radical (unpaired) electrons. The zero-order valence-electron chi connectivity index (χ0n) is 18.2. The monoisotopic (exact) mass is 455 g/mol. The summed E-state index contributed by atoms with van der Waals surface area (Å²) >= 11 is 0. The zero-order chi connectivity index (χ0) is 22.4. The van der Waals surface area contributed by atoms with Crippen molar-refractivity contribution in [2.75, 3.05) is 4.72 Å². The second-order valence-electron chi connectivity index (χ2n) is 8.39. The van der Waals surface area contributed by atoms with E-state index in [-0.39, 0.29) is 4.90 Å². The summed E-state index contributed by atoms with van der Waals surface area (Å²) in [6, 6.07) is 10.9. The Morgan fingerprint density at radius 3 is 2.66 bits per heavy atom. The van der Waals surface area contributed by atoms with E-state index in [9.17, 15) is 8.42 Å². The number of nitrogens with one attached hydrogen (secondary N) is 2. The topological polar surface area (TPSA) is 115 Å². The Labute approximate surface area is 188 Å². The third kappa shape index (κ3) is 5.68. The average Bonchev–Trinajstić information content (AvgIpc) is 3.34. The van der Waals surface area contributed by atoms with Gasteiger partial charge in [-0.2, -0.15) is 4.68 Å². The summed E-state index contributed by atoms with van der Waals surface area (Å²) < 4.78 is 29.9. The van der Waals surface area contributed by atoms with Gasteiger partial charge in [0.25, 0.3) is 10.0 Å². The van der Waals surface area contributed by atoms with Crippen molar-refractivity contribution in [2.24, 2.45) is 5.92 Å². The van der Waals surface area contributed by atoms with Crippen LogP contribution in [0.5, 0.6) is 0 Å². The first kappa shape index (κ1) is 22.3. The Morgan fingerprint density at radius 2 is 1.94 bits per heavy atom. The lowest BCUT2D eigenvalue weighted by atomic mass is 9.85. The quantitative estimate of drug-likeness (QED) is 0.509. The Kier molecular flexibility index (Phi) is 7.11. The third-order valence-electron chi connectivity index (χ3n) is 5.93. The largest absolute Gasteiger partial charge is 0.310 e. The highest BCUT2D eigenvalue weighted by atomic mass is 32.2. The first-order valence-electron chi connectivity index (χ1n) is 11.0. The molecule has 1 saturated carbocycles. The van der Waals surface area contributed by atoms with Crippen LogP contribution in [0.4, 0.5) is 5.69 Å². The summed E-state index contributed by atoms with van der Waals surface area (Å²) in [5.41, 5.74) is 1.47. The lowest BCUT2D eigenvalue weighted by Crippen LogP contribution is -2.29. The van der Waals surface area contributed by atoms with Crippen LogP contribution in [0, 0.1) is 5.92 Å². The minimum atomic E-state index is -3.78. The van der Waals surface area contributed by atoms with Crippen molar-refractivity contribution in [3.8, 4) is 5.82 Å². The van der Waals surface area contributed by atoms with Crippen LogP contribution in [0.2, 0.25) is 0 Å². The van der Waals surface area contributed by atoms with Gasteiger partial charge in [-0.25, -0.2) is 13.4 Å². The molecule has 3 aromatic rings. The minimum absolute atomic E-state index is 0.0720. The molecule has 1 aliphatic rings. The van der Waals surface area contributed by atoms with E-state index in [1.54, 1.807) is 12.1 Å². The minimum Gasteiger partial charge on any atom is -0.310 e. The van der Waals surface area contributed by atoms with Crippen LogP contribution in [0.25, 0.3) is 5.82 Å². The normalized spacial score (nSPS) is 16.0. The molecule has 0 spiro atoms. The van der Waals surface area contributed by atoms with Gasteiger partial charge < -0.3 is 5.32 Å². The highest BCUT2D eigenvalue weighted by Gasteiger charge is 2.19. The Hall–Kier alpha value is -2.85. The molecule has 2 aromatic heterocycles. The van der Waals surface area contributed by atoms with Crippen LogP contribution in [-0.4, -0.2) is 39.7 Å². The van der Waals surface area contributed by atoms with Gasteiger partial charge in [0.1, 0.15) is 11.2 Å². The molecule has 0 amide bonds. The molecule has 0 saturated heterocycles. The van der Waals surface area contributed by atoms with Gasteiger partial charge in [0.2, 0.25) is 0 Å². The number of anilines is 1. The molecule has 1 aromatic carbocycles. The fourth-order valence-corrected chi connectivity index (χ4v) is 5.25. The molecular formula is C22H29N7O2S. The number of para-hydroxylation sites is 1. The highest BCUT2D eigenvalue weighted by molar-refractivity contribution is 7.92. The predicted octanol–water partition coefficient (Wildman–Crippen LogP) is 3.31. The molecule has 1 atom stereocenters. The number of nitrogens with zero attached hydrogens (tertiary/aromatic N) is 5. The van der Waals surface area contributed by atoms with Crippen molar-refractivity contribution in [2.45, 2.75) is 62.9 Å². The highest BCUT2D eigenvalue weighted by Crippen LogP contribution is 2.27. The van der Waals surface area contributed by atoms with E-state index in [1.807, 2.05) is 18.2 Å². The van der Waals surface area contributed by atoms with Gasteiger partial charge in [0, 0.05) is 18.8 Å². The van der Waals surface area contributed by atoms with Gasteiger partial charge >= 0.3 is 0 Å². The summed E-state index contributed by atoms with van der Waals surface area (Å²) in [5.74, 6) is 1.23. The number of hydrogen-bond acceptors (Lipinski definition) is 7. The number of benzene rings is 1. The van der Waals surface area contributed by atoms with Crippen molar-refractivity contribution in [1.82, 2.24) is 30.5 Å². The van der Waals surface area contributed by atoms with E-state index in [4.69, 9.17) is 0 Å². The second kappa shape index (κ2) is 10.2. The van der Waals surface area contributed by atoms with E-state index in [0.717, 1.165) is 17.9 Å². The van der Waals surface area contributed by atoms with Crippen LogP contribution >= 0.6 is 0 Å². The van der Waals surface area contributed by atoms with Crippen LogP contribution in [-0.2, 0) is 16.6 Å². The maximum Gasteiger partial charge on any atom is 0.263 e. The zero-order valence-corrected chi connectivity index (χ0v) is 19.0. The molecule has 1 aliphatic carbocycles. The fourth-order valence-electron chi connectivity index (χ4n) is 4.20. The maximum atomic E-state index is 12.9.